The Bertz CT molecular complexity index is 426. The Morgan fingerprint density at radius 1 is 1.30 bits per heavy atom. The molecule has 114 valence electrons. The minimum Gasteiger partial charge on any atom is -0.371 e. The summed E-state index contributed by atoms with van der Waals surface area (Å²) in [6.45, 7) is 4.26. The van der Waals surface area contributed by atoms with Crippen LogP contribution in [0.1, 0.15) is 32.6 Å². The topological polar surface area (TPSA) is 29.3 Å². The van der Waals surface area contributed by atoms with E-state index >= 15 is 0 Å². The lowest BCUT2D eigenvalue weighted by atomic mass is 9.88. The molecule has 1 aromatic rings. The van der Waals surface area contributed by atoms with Gasteiger partial charge in [-0.3, -0.25) is 0 Å². The van der Waals surface area contributed by atoms with Crippen molar-refractivity contribution in [3.8, 4) is 0 Å². The second-order valence-corrected chi connectivity index (χ2v) is 6.21. The highest BCUT2D eigenvalue weighted by Crippen LogP contribution is 2.30. The summed E-state index contributed by atoms with van der Waals surface area (Å²) in [4.78, 5) is 2.38. The highest BCUT2D eigenvalue weighted by atomic mass is 35.5. The van der Waals surface area contributed by atoms with E-state index < -0.39 is 0 Å². The number of rotatable bonds is 4. The lowest BCUT2D eigenvalue weighted by Gasteiger charge is -2.38. The predicted molar refractivity (Wildman–Crippen MR) is 91.5 cm³/mol. The molecule has 2 rings (SSSR count). The van der Waals surface area contributed by atoms with E-state index in [4.69, 9.17) is 28.9 Å². The van der Waals surface area contributed by atoms with Crippen LogP contribution in [-0.2, 0) is 0 Å². The van der Waals surface area contributed by atoms with E-state index in [9.17, 15) is 0 Å². The Morgan fingerprint density at radius 3 is 2.70 bits per heavy atom. The van der Waals surface area contributed by atoms with Crippen molar-refractivity contribution in [2.24, 2.45) is 11.7 Å². The summed E-state index contributed by atoms with van der Waals surface area (Å²) in [6, 6.07) is 6.21. The van der Waals surface area contributed by atoms with Gasteiger partial charge in [0, 0.05) is 24.8 Å². The van der Waals surface area contributed by atoms with Gasteiger partial charge in [-0.2, -0.15) is 0 Å². The van der Waals surface area contributed by atoms with E-state index in [2.05, 4.69) is 11.8 Å². The van der Waals surface area contributed by atoms with Crippen LogP contribution in [0.2, 0.25) is 10.0 Å². The molecule has 2 N–H and O–H groups in total. The minimum absolute atomic E-state index is 0. The Hall–Kier alpha value is -0.150. The Morgan fingerprint density at radius 2 is 2.05 bits per heavy atom. The van der Waals surface area contributed by atoms with Gasteiger partial charge in [0.15, 0.2) is 0 Å². The number of anilines is 1. The van der Waals surface area contributed by atoms with Crippen LogP contribution in [0.15, 0.2) is 18.2 Å². The Balaban J connectivity index is 0.00000200. The van der Waals surface area contributed by atoms with Crippen molar-refractivity contribution in [3.05, 3.63) is 28.2 Å². The minimum atomic E-state index is 0. The van der Waals surface area contributed by atoms with Crippen molar-refractivity contribution in [2.45, 2.75) is 38.6 Å². The summed E-state index contributed by atoms with van der Waals surface area (Å²) in [6.07, 6.45) is 4.76. The van der Waals surface area contributed by atoms with Crippen molar-refractivity contribution in [3.63, 3.8) is 0 Å². The monoisotopic (exact) mass is 336 g/mol. The largest absolute Gasteiger partial charge is 0.371 e. The summed E-state index contributed by atoms with van der Waals surface area (Å²) < 4.78 is 0. The van der Waals surface area contributed by atoms with Crippen LogP contribution >= 0.6 is 35.6 Å². The summed E-state index contributed by atoms with van der Waals surface area (Å²) in [5, 5.41) is 1.24. The number of unbranched alkanes of at least 4 members (excludes halogenated alkanes) is 1. The van der Waals surface area contributed by atoms with Gasteiger partial charge in [-0.15, -0.1) is 12.4 Å². The maximum atomic E-state index is 6.24. The highest BCUT2D eigenvalue weighted by Gasteiger charge is 2.26. The lowest BCUT2D eigenvalue weighted by molar-refractivity contribution is 0.330. The van der Waals surface area contributed by atoms with Gasteiger partial charge in [0.05, 0.1) is 10.0 Å². The maximum absolute atomic E-state index is 6.24. The molecule has 0 bridgehead atoms. The molecule has 0 aliphatic carbocycles. The molecule has 1 aliphatic heterocycles. The zero-order valence-corrected chi connectivity index (χ0v) is 14.1. The van der Waals surface area contributed by atoms with Crippen LogP contribution in [0.3, 0.4) is 0 Å². The summed E-state index contributed by atoms with van der Waals surface area (Å²) in [5.41, 5.74) is 7.40. The van der Waals surface area contributed by atoms with Gasteiger partial charge in [0.25, 0.3) is 0 Å². The quantitative estimate of drug-likeness (QED) is 0.858. The van der Waals surface area contributed by atoms with Crippen molar-refractivity contribution < 1.29 is 0 Å². The molecule has 0 radical (unpaired) electrons. The third kappa shape index (κ3) is 4.42. The van der Waals surface area contributed by atoms with Crippen LogP contribution in [0.4, 0.5) is 5.69 Å². The molecule has 0 unspecified atom stereocenters. The van der Waals surface area contributed by atoms with Gasteiger partial charge in [0.1, 0.15) is 0 Å². The highest BCUT2D eigenvalue weighted by molar-refractivity contribution is 6.42. The first-order chi connectivity index (χ1) is 9.11. The number of benzene rings is 1. The van der Waals surface area contributed by atoms with Gasteiger partial charge in [-0.1, -0.05) is 43.0 Å². The number of nitrogens with zero attached hydrogens (tertiary/aromatic N) is 1. The fourth-order valence-corrected chi connectivity index (χ4v) is 3.03. The van der Waals surface area contributed by atoms with Crippen molar-refractivity contribution >= 4 is 41.3 Å². The molecule has 1 heterocycles. The average molecular weight is 338 g/mol. The zero-order chi connectivity index (χ0) is 13.8. The third-order valence-electron chi connectivity index (χ3n) is 3.99. The van der Waals surface area contributed by atoms with Crippen LogP contribution < -0.4 is 10.6 Å². The van der Waals surface area contributed by atoms with Gasteiger partial charge in [0.2, 0.25) is 0 Å². The number of nitrogens with two attached hydrogens (primary N) is 1. The van der Waals surface area contributed by atoms with Gasteiger partial charge in [-0.25, -0.2) is 0 Å². The van der Waals surface area contributed by atoms with Crippen LogP contribution in [0.5, 0.6) is 0 Å². The van der Waals surface area contributed by atoms with Crippen LogP contribution in [0, 0.1) is 5.92 Å². The number of piperidine rings is 1. The molecule has 0 aromatic heterocycles. The molecule has 1 aliphatic rings. The first-order valence-electron chi connectivity index (χ1n) is 7.07. The molecule has 2 nitrogen and oxygen atoms in total. The number of halogens is 3. The molecule has 1 aromatic carbocycles. The number of hydrogen-bond donors (Lipinski definition) is 1. The summed E-state index contributed by atoms with van der Waals surface area (Å²) >= 11 is 12.1. The van der Waals surface area contributed by atoms with Crippen LogP contribution in [-0.4, -0.2) is 19.1 Å². The van der Waals surface area contributed by atoms with Crippen molar-refractivity contribution in [2.75, 3.05) is 18.0 Å². The summed E-state index contributed by atoms with van der Waals surface area (Å²) in [5.74, 6) is 0.586. The van der Waals surface area contributed by atoms with Gasteiger partial charge in [-0.05, 0) is 37.0 Å². The molecular weight excluding hydrogens is 315 g/mol. The molecule has 2 atom stereocenters. The van der Waals surface area contributed by atoms with E-state index in [1.807, 2.05) is 18.2 Å². The van der Waals surface area contributed by atoms with E-state index in [1.54, 1.807) is 0 Å². The molecule has 1 saturated heterocycles. The smallest absolute Gasteiger partial charge is 0.0612 e. The second kappa shape index (κ2) is 8.33. The molecule has 0 amide bonds. The molecule has 20 heavy (non-hydrogen) atoms. The fraction of sp³-hybridized carbons (Fsp3) is 0.600. The standard InChI is InChI=1S/C15H22Cl2N2.ClH/c1-2-3-4-11-10-19(8-7-15(11)18)12-5-6-13(16)14(17)9-12;/h5-6,9,11,15H,2-4,7-8,10,18H2,1H3;1H/t11-,15+;/m0./s1. The maximum Gasteiger partial charge on any atom is 0.0612 e. The molecular formula is C15H23Cl3N2. The first kappa shape index (κ1) is 17.9. The second-order valence-electron chi connectivity index (χ2n) is 5.40. The number of hydrogen-bond acceptors (Lipinski definition) is 2. The first-order valence-corrected chi connectivity index (χ1v) is 7.83. The van der Waals surface area contributed by atoms with E-state index in [1.165, 1.54) is 19.3 Å². The van der Waals surface area contributed by atoms with E-state index in [0.29, 0.717) is 22.0 Å². The Labute approximate surface area is 138 Å². The van der Waals surface area contributed by atoms with E-state index in [-0.39, 0.29) is 12.4 Å². The van der Waals surface area contributed by atoms with Crippen molar-refractivity contribution in [1.82, 2.24) is 0 Å². The predicted octanol–water partition coefficient (Wildman–Crippen LogP) is 4.76. The van der Waals surface area contributed by atoms with Crippen LogP contribution in [0.25, 0.3) is 0 Å². The summed E-state index contributed by atoms with van der Waals surface area (Å²) in [7, 11) is 0. The third-order valence-corrected chi connectivity index (χ3v) is 4.73. The average Bonchev–Trinajstić information content (AvgIpc) is 2.41. The molecule has 0 spiro atoms. The lowest BCUT2D eigenvalue weighted by Crippen LogP contribution is -2.47. The zero-order valence-electron chi connectivity index (χ0n) is 11.8. The SMILES string of the molecule is CCCC[C@H]1CN(c2ccc(Cl)c(Cl)c2)CC[C@H]1N.Cl. The van der Waals surface area contributed by atoms with E-state index in [0.717, 1.165) is 25.2 Å². The Kier molecular flexibility index (Phi) is 7.46. The fourth-order valence-electron chi connectivity index (χ4n) is 2.74. The van der Waals surface area contributed by atoms with Gasteiger partial charge >= 0.3 is 0 Å². The normalized spacial score (nSPS) is 22.5. The molecule has 0 saturated carbocycles. The van der Waals surface area contributed by atoms with Crippen molar-refractivity contribution in [1.29, 1.82) is 0 Å². The molecule has 5 heteroatoms. The van der Waals surface area contributed by atoms with Gasteiger partial charge < -0.3 is 10.6 Å². The molecule has 1 fully saturated rings.